The lowest BCUT2D eigenvalue weighted by Gasteiger charge is -2.27. The van der Waals surface area contributed by atoms with E-state index in [-0.39, 0.29) is 21.4 Å². The van der Waals surface area contributed by atoms with Crippen molar-refractivity contribution in [2.45, 2.75) is 24.8 Å². The molecule has 0 aliphatic heterocycles. The highest BCUT2D eigenvalue weighted by Gasteiger charge is 2.47. The zero-order chi connectivity index (χ0) is 28.8. The van der Waals surface area contributed by atoms with E-state index in [2.05, 4.69) is 9.05 Å². The minimum Gasteiger partial charge on any atom is -0.304 e. The summed E-state index contributed by atoms with van der Waals surface area (Å²) in [5, 5.41) is 3.03. The van der Waals surface area contributed by atoms with Crippen LogP contribution in [-0.2, 0) is 13.6 Å². The Hall–Kier alpha value is -2.71. The van der Waals surface area contributed by atoms with Crippen molar-refractivity contribution in [2.75, 3.05) is 23.9 Å². The first-order chi connectivity index (χ1) is 17.5. The lowest BCUT2D eigenvalue weighted by Crippen LogP contribution is -2.52. The van der Waals surface area contributed by atoms with Crippen LogP contribution >= 0.6 is 31.5 Å². The van der Waals surface area contributed by atoms with Crippen LogP contribution in [-0.4, -0.2) is 51.0 Å². The second kappa shape index (κ2) is 12.9. The number of hydrogen-bond donors (Lipinski definition) is 2. The number of alkyl halides is 6. The molecule has 18 heteroatoms. The van der Waals surface area contributed by atoms with Crippen molar-refractivity contribution in [1.29, 1.82) is 0 Å². The summed E-state index contributed by atoms with van der Waals surface area (Å²) in [6.45, 7) is 0. The van der Waals surface area contributed by atoms with Gasteiger partial charge in [-0.1, -0.05) is 35.3 Å². The number of halogens is 8. The smallest absolute Gasteiger partial charge is 0.304 e. The van der Waals surface area contributed by atoms with Gasteiger partial charge in [-0.05, 0) is 36.4 Å². The van der Waals surface area contributed by atoms with E-state index in [1.807, 2.05) is 0 Å². The third-order valence-electron chi connectivity index (χ3n) is 4.53. The monoisotopic (exact) mass is 610 g/mol. The summed E-state index contributed by atoms with van der Waals surface area (Å²) < 4.78 is 101. The number of rotatable bonds is 8. The normalized spacial score (nSPS) is 14.3. The van der Waals surface area contributed by atoms with Gasteiger partial charge < -0.3 is 10.6 Å². The zero-order valence-electron chi connectivity index (χ0n) is 19.2. The molecule has 0 aliphatic rings. The Morgan fingerprint density at radius 1 is 0.789 bits per heavy atom. The quantitative estimate of drug-likeness (QED) is 0.211. The fraction of sp³-hybridized carbons (Fsp3) is 0.300. The highest BCUT2D eigenvalue weighted by molar-refractivity contribution is 7.33. The Labute approximate surface area is 222 Å². The van der Waals surface area contributed by atoms with Gasteiger partial charge in [0.2, 0.25) is 12.5 Å². The summed E-state index contributed by atoms with van der Waals surface area (Å²) in [5.41, 5.74) is 0.118. The second-order valence-electron chi connectivity index (χ2n) is 7.31. The van der Waals surface area contributed by atoms with Crippen molar-refractivity contribution in [3.05, 3.63) is 58.6 Å². The van der Waals surface area contributed by atoms with E-state index < -0.39 is 45.1 Å². The van der Waals surface area contributed by atoms with Gasteiger partial charge in [-0.15, -0.1) is 0 Å². The maximum atomic E-state index is 13.4. The molecule has 0 fully saturated rings. The summed E-state index contributed by atoms with van der Waals surface area (Å²) in [6, 6.07) is 7.98. The molecule has 2 aromatic carbocycles. The minimum absolute atomic E-state index is 0.0588. The van der Waals surface area contributed by atoms with E-state index >= 15 is 0 Å². The Bertz CT molecular complexity index is 1090. The van der Waals surface area contributed by atoms with Gasteiger partial charge in [-0.3, -0.25) is 23.4 Å². The van der Waals surface area contributed by atoms with Crippen molar-refractivity contribution in [3.8, 4) is 0 Å². The Morgan fingerprint density at radius 3 is 1.42 bits per heavy atom. The number of carbonyl (C=O) groups is 2. The predicted octanol–water partition coefficient (Wildman–Crippen LogP) is 6.18. The zero-order valence-corrected chi connectivity index (χ0v) is 21.7. The number of nitrogens with one attached hydrogen (secondary N) is 2. The number of amides is 4. The topological polar surface area (TPSA) is 100 Å². The number of hydrogen-bond acceptors (Lipinski definition) is 5. The third-order valence-corrected chi connectivity index (χ3v) is 5.86. The molecule has 4 amide bonds. The van der Waals surface area contributed by atoms with Crippen LogP contribution in [0, 0.1) is 0 Å². The Kier molecular flexibility index (Phi) is 10.7. The molecule has 38 heavy (non-hydrogen) atoms. The molecule has 9 nitrogen and oxygen atoms in total. The Morgan fingerprint density at radius 2 is 1.13 bits per heavy atom. The van der Waals surface area contributed by atoms with Crippen LogP contribution < -0.4 is 20.4 Å². The van der Waals surface area contributed by atoms with Crippen LogP contribution in [0.25, 0.3) is 0 Å². The van der Waals surface area contributed by atoms with Gasteiger partial charge in [-0.25, -0.2) is 9.59 Å². The van der Waals surface area contributed by atoms with Crippen LogP contribution in [0.1, 0.15) is 0 Å². The first kappa shape index (κ1) is 31.5. The van der Waals surface area contributed by atoms with Crippen molar-refractivity contribution in [1.82, 2.24) is 10.6 Å². The van der Waals surface area contributed by atoms with Crippen molar-refractivity contribution >= 4 is 54.9 Å². The molecule has 2 aromatic rings. The standard InChI is InChI=1S/C20H19Cl2F6N4O5P/c1-31(13-7-3-5-11(21)9-13)17(33)29-15(19(23,24)25)36-38(35)37-16(20(26,27)28)30-18(34)32(2)14-8-4-6-12(22)10-14/h3-10,15-16,38H,1-2H3,(H,29,33)(H,30,34). The van der Waals surface area contributed by atoms with E-state index in [0.29, 0.717) is 9.80 Å². The fourth-order valence-corrected chi connectivity index (χ4v) is 3.79. The number of nitrogens with zero attached hydrogens (tertiary/aromatic N) is 2. The highest BCUT2D eigenvalue weighted by Crippen LogP contribution is 2.37. The van der Waals surface area contributed by atoms with Gasteiger partial charge in [0.1, 0.15) is 0 Å². The molecule has 0 spiro atoms. The summed E-state index contributed by atoms with van der Waals surface area (Å²) in [6.07, 6.45) is -17.5. The van der Waals surface area contributed by atoms with E-state index in [4.69, 9.17) is 23.2 Å². The van der Waals surface area contributed by atoms with Crippen LogP contribution in [0.15, 0.2) is 48.5 Å². The average molecular weight is 611 g/mol. The molecular weight excluding hydrogens is 592 g/mol. The van der Waals surface area contributed by atoms with E-state index in [9.17, 15) is 40.5 Å². The molecule has 0 aromatic heterocycles. The van der Waals surface area contributed by atoms with Crippen LogP contribution in [0.5, 0.6) is 0 Å². The molecule has 0 aliphatic carbocycles. The Balaban J connectivity index is 2.12. The number of urea groups is 2. The lowest BCUT2D eigenvalue weighted by atomic mass is 10.3. The SMILES string of the molecule is CN(C(=O)NC(O[PH](=O)OC(NC(=O)N(C)c1cccc(Cl)c1)C(F)(F)F)C(F)(F)F)c1cccc(Cl)c1. The number of carbonyl (C=O) groups excluding carboxylic acids is 2. The maximum absolute atomic E-state index is 13.4. The molecule has 0 saturated heterocycles. The van der Waals surface area contributed by atoms with E-state index in [1.165, 1.54) is 59.2 Å². The number of benzene rings is 2. The van der Waals surface area contributed by atoms with Crippen molar-refractivity contribution in [2.24, 2.45) is 0 Å². The molecular formula is C20H19Cl2F6N4O5P. The molecule has 0 saturated carbocycles. The van der Waals surface area contributed by atoms with Gasteiger partial charge in [-0.2, -0.15) is 26.3 Å². The lowest BCUT2D eigenvalue weighted by molar-refractivity contribution is -0.214. The van der Waals surface area contributed by atoms with E-state index in [0.717, 1.165) is 14.1 Å². The second-order valence-corrected chi connectivity index (χ2v) is 9.15. The molecule has 0 bridgehead atoms. The minimum atomic E-state index is -5.42. The maximum Gasteiger partial charge on any atom is 0.434 e. The molecule has 2 unspecified atom stereocenters. The third kappa shape index (κ3) is 9.24. The predicted molar refractivity (Wildman–Crippen MR) is 128 cm³/mol. The van der Waals surface area contributed by atoms with Gasteiger partial charge >= 0.3 is 32.7 Å². The largest absolute Gasteiger partial charge is 0.434 e. The summed E-state index contributed by atoms with van der Waals surface area (Å²) >= 11 is 11.6. The summed E-state index contributed by atoms with van der Waals surface area (Å²) in [7, 11) is -2.49. The van der Waals surface area contributed by atoms with E-state index in [1.54, 1.807) is 0 Å². The van der Waals surface area contributed by atoms with Crippen molar-refractivity contribution in [3.63, 3.8) is 0 Å². The first-order valence-electron chi connectivity index (χ1n) is 10.1. The number of anilines is 2. The van der Waals surface area contributed by atoms with Crippen molar-refractivity contribution < 1.29 is 49.5 Å². The molecule has 2 rings (SSSR count). The molecule has 2 atom stereocenters. The fourth-order valence-electron chi connectivity index (χ4n) is 2.60. The van der Waals surface area contributed by atoms with Gasteiger partial charge in [0.05, 0.1) is 0 Å². The molecule has 0 heterocycles. The summed E-state index contributed by atoms with van der Waals surface area (Å²) in [4.78, 5) is 25.9. The van der Waals surface area contributed by atoms with Gasteiger partial charge in [0, 0.05) is 35.5 Å². The van der Waals surface area contributed by atoms with Crippen LogP contribution in [0.3, 0.4) is 0 Å². The highest BCUT2D eigenvalue weighted by atomic mass is 35.5. The van der Waals surface area contributed by atoms with Gasteiger partial charge in [0.25, 0.3) is 0 Å². The first-order valence-corrected chi connectivity index (χ1v) is 12.1. The summed E-state index contributed by atoms with van der Waals surface area (Å²) in [5.74, 6) is 0. The average Bonchev–Trinajstić information content (AvgIpc) is 2.80. The molecule has 0 radical (unpaired) electrons. The molecule has 2 N–H and O–H groups in total. The molecule has 210 valence electrons. The van der Waals surface area contributed by atoms with Gasteiger partial charge in [0.15, 0.2) is 0 Å². The van der Waals surface area contributed by atoms with Crippen LogP contribution in [0.2, 0.25) is 10.0 Å². The van der Waals surface area contributed by atoms with Crippen LogP contribution in [0.4, 0.5) is 47.3 Å².